The molecule has 2 aromatic rings. The van der Waals surface area contributed by atoms with Crippen LogP contribution in [0.5, 0.6) is 0 Å². The molecule has 0 saturated carbocycles. The number of nitrogens with zero attached hydrogens (tertiary/aromatic N) is 4. The van der Waals surface area contributed by atoms with Crippen LogP contribution < -0.4 is 5.73 Å². The van der Waals surface area contributed by atoms with Crippen LogP contribution in [0.2, 0.25) is 0 Å². The smallest absolute Gasteiger partial charge is 0.244 e. The van der Waals surface area contributed by atoms with Gasteiger partial charge in [-0.2, -0.15) is 4.98 Å². The number of hydrogen-bond acceptors (Lipinski definition) is 6. The molecule has 7 heteroatoms. The first-order valence-corrected chi connectivity index (χ1v) is 9.45. The van der Waals surface area contributed by atoms with Gasteiger partial charge >= 0.3 is 0 Å². The van der Waals surface area contributed by atoms with Crippen LogP contribution in [-0.2, 0) is 4.79 Å². The molecule has 1 unspecified atom stereocenters. The summed E-state index contributed by atoms with van der Waals surface area (Å²) in [6.07, 6.45) is 0. The molecule has 27 heavy (non-hydrogen) atoms. The van der Waals surface area contributed by atoms with Gasteiger partial charge in [-0.1, -0.05) is 56.3 Å². The van der Waals surface area contributed by atoms with Crippen LogP contribution in [0.1, 0.15) is 39.6 Å². The van der Waals surface area contributed by atoms with Crippen LogP contribution in [0, 0.1) is 5.41 Å². The third kappa shape index (κ3) is 4.36. The minimum absolute atomic E-state index is 0.00324. The number of piperazine rings is 1. The molecular weight excluding hydrogens is 342 g/mol. The highest BCUT2D eigenvalue weighted by atomic mass is 16.5. The maximum Gasteiger partial charge on any atom is 0.244 e. The highest BCUT2D eigenvalue weighted by Gasteiger charge is 2.34. The normalized spacial score (nSPS) is 18.3. The standard InChI is InChI=1S/C20H29N5O2/c1-14(18-22-17(23-27-18)15-8-6-5-7-9-15)24-10-12-25(13-11-24)19(26)16(21)20(2,3)4/h5-9,14,16H,10-13,21H2,1-4H3/t14?,16-/m1/s1. The lowest BCUT2D eigenvalue weighted by molar-refractivity contribution is -0.137. The van der Waals surface area contributed by atoms with E-state index in [1.54, 1.807) is 0 Å². The molecule has 1 amide bonds. The molecule has 1 aliphatic rings. The van der Waals surface area contributed by atoms with Crippen molar-refractivity contribution in [1.82, 2.24) is 19.9 Å². The summed E-state index contributed by atoms with van der Waals surface area (Å²) in [4.78, 5) is 21.3. The Morgan fingerprint density at radius 3 is 2.37 bits per heavy atom. The van der Waals surface area contributed by atoms with Crippen molar-refractivity contribution in [1.29, 1.82) is 0 Å². The van der Waals surface area contributed by atoms with Crippen molar-refractivity contribution in [2.75, 3.05) is 26.2 Å². The van der Waals surface area contributed by atoms with E-state index in [4.69, 9.17) is 10.3 Å². The first-order valence-electron chi connectivity index (χ1n) is 9.45. The van der Waals surface area contributed by atoms with Crippen molar-refractivity contribution in [3.05, 3.63) is 36.2 Å². The molecule has 0 aliphatic carbocycles. The molecule has 0 bridgehead atoms. The highest BCUT2D eigenvalue weighted by Crippen LogP contribution is 2.24. The van der Waals surface area contributed by atoms with Crippen molar-refractivity contribution < 1.29 is 9.32 Å². The number of carbonyl (C=O) groups excluding carboxylic acids is 1. The van der Waals surface area contributed by atoms with Gasteiger partial charge in [0.15, 0.2) is 0 Å². The Kier molecular flexibility index (Phi) is 5.62. The first-order chi connectivity index (χ1) is 12.8. The minimum Gasteiger partial charge on any atom is -0.339 e. The zero-order valence-corrected chi connectivity index (χ0v) is 16.6. The fourth-order valence-corrected chi connectivity index (χ4v) is 3.16. The molecule has 1 saturated heterocycles. The first kappa shape index (κ1) is 19.5. The van der Waals surface area contributed by atoms with Gasteiger partial charge in [-0.05, 0) is 12.3 Å². The van der Waals surface area contributed by atoms with Crippen molar-refractivity contribution in [2.45, 2.75) is 39.8 Å². The van der Waals surface area contributed by atoms with Gasteiger partial charge in [-0.3, -0.25) is 9.69 Å². The minimum atomic E-state index is -0.481. The number of hydrogen-bond donors (Lipinski definition) is 1. The highest BCUT2D eigenvalue weighted by molar-refractivity contribution is 5.82. The average Bonchev–Trinajstić information content (AvgIpc) is 3.16. The Morgan fingerprint density at radius 2 is 1.78 bits per heavy atom. The maximum absolute atomic E-state index is 12.6. The zero-order chi connectivity index (χ0) is 19.6. The van der Waals surface area contributed by atoms with Crippen molar-refractivity contribution >= 4 is 5.91 Å². The summed E-state index contributed by atoms with van der Waals surface area (Å²) in [6.45, 7) is 10.9. The molecule has 2 heterocycles. The predicted octanol–water partition coefficient (Wildman–Crippen LogP) is 2.32. The number of aromatic nitrogens is 2. The third-order valence-corrected chi connectivity index (χ3v) is 5.20. The molecule has 3 rings (SSSR count). The number of carbonyl (C=O) groups is 1. The lowest BCUT2D eigenvalue weighted by Gasteiger charge is -2.39. The number of rotatable bonds is 4. The topological polar surface area (TPSA) is 88.5 Å². The van der Waals surface area contributed by atoms with Crippen LogP contribution in [0.4, 0.5) is 0 Å². The average molecular weight is 371 g/mol. The Hall–Kier alpha value is -2.25. The summed E-state index contributed by atoms with van der Waals surface area (Å²) in [7, 11) is 0. The SMILES string of the molecule is CC(c1nc(-c2ccccc2)no1)N1CCN(C(=O)[C@@H](N)C(C)(C)C)CC1. The molecule has 1 aromatic carbocycles. The zero-order valence-electron chi connectivity index (χ0n) is 16.6. The lowest BCUT2D eigenvalue weighted by Crippen LogP contribution is -2.56. The summed E-state index contributed by atoms with van der Waals surface area (Å²) in [5.74, 6) is 1.22. The lowest BCUT2D eigenvalue weighted by atomic mass is 9.86. The van der Waals surface area contributed by atoms with E-state index in [9.17, 15) is 4.79 Å². The van der Waals surface area contributed by atoms with Crippen LogP contribution in [0.3, 0.4) is 0 Å². The largest absolute Gasteiger partial charge is 0.339 e. The Bertz CT molecular complexity index is 760. The molecule has 2 atom stereocenters. The van der Waals surface area contributed by atoms with E-state index >= 15 is 0 Å². The molecule has 0 spiro atoms. The van der Waals surface area contributed by atoms with Gasteiger partial charge < -0.3 is 15.2 Å². The molecule has 2 N–H and O–H groups in total. The van der Waals surface area contributed by atoms with E-state index in [-0.39, 0.29) is 17.4 Å². The molecule has 0 radical (unpaired) electrons. The van der Waals surface area contributed by atoms with E-state index in [1.807, 2.05) is 56.0 Å². The second-order valence-corrected chi connectivity index (χ2v) is 8.20. The van der Waals surface area contributed by atoms with Gasteiger partial charge in [0.2, 0.25) is 17.6 Å². The second-order valence-electron chi connectivity index (χ2n) is 8.20. The van der Waals surface area contributed by atoms with Crippen LogP contribution >= 0.6 is 0 Å². The maximum atomic E-state index is 12.6. The van der Waals surface area contributed by atoms with Gasteiger partial charge in [0, 0.05) is 31.7 Å². The fraction of sp³-hybridized carbons (Fsp3) is 0.550. The Labute approximate surface area is 160 Å². The van der Waals surface area contributed by atoms with E-state index in [1.165, 1.54) is 0 Å². The molecule has 1 fully saturated rings. The fourth-order valence-electron chi connectivity index (χ4n) is 3.16. The van der Waals surface area contributed by atoms with Gasteiger partial charge in [0.25, 0.3) is 0 Å². The summed E-state index contributed by atoms with van der Waals surface area (Å²) in [5, 5.41) is 4.10. The third-order valence-electron chi connectivity index (χ3n) is 5.20. The summed E-state index contributed by atoms with van der Waals surface area (Å²) < 4.78 is 5.49. The molecule has 1 aliphatic heterocycles. The molecule has 1 aromatic heterocycles. The summed E-state index contributed by atoms with van der Waals surface area (Å²) >= 11 is 0. The predicted molar refractivity (Wildman–Crippen MR) is 104 cm³/mol. The number of benzene rings is 1. The quantitative estimate of drug-likeness (QED) is 0.887. The Morgan fingerprint density at radius 1 is 1.15 bits per heavy atom. The molecular formula is C20H29N5O2. The van der Waals surface area contributed by atoms with E-state index in [0.29, 0.717) is 24.8 Å². The van der Waals surface area contributed by atoms with Crippen LogP contribution in [0.15, 0.2) is 34.9 Å². The van der Waals surface area contributed by atoms with Crippen molar-refractivity contribution in [2.24, 2.45) is 11.1 Å². The van der Waals surface area contributed by atoms with Gasteiger partial charge in [-0.25, -0.2) is 0 Å². The summed E-state index contributed by atoms with van der Waals surface area (Å²) in [6, 6.07) is 9.30. The number of nitrogens with two attached hydrogens (primary N) is 1. The van der Waals surface area contributed by atoms with Crippen molar-refractivity contribution in [3.8, 4) is 11.4 Å². The van der Waals surface area contributed by atoms with Crippen LogP contribution in [-0.4, -0.2) is 58.1 Å². The molecule has 146 valence electrons. The Balaban J connectivity index is 1.60. The van der Waals surface area contributed by atoms with Gasteiger partial charge in [0.05, 0.1) is 12.1 Å². The second kappa shape index (κ2) is 7.78. The van der Waals surface area contributed by atoms with E-state index in [0.717, 1.165) is 18.7 Å². The van der Waals surface area contributed by atoms with E-state index in [2.05, 4.69) is 22.0 Å². The van der Waals surface area contributed by atoms with Gasteiger partial charge in [0.1, 0.15) is 0 Å². The van der Waals surface area contributed by atoms with E-state index < -0.39 is 6.04 Å². The van der Waals surface area contributed by atoms with Gasteiger partial charge in [-0.15, -0.1) is 0 Å². The monoisotopic (exact) mass is 371 g/mol. The van der Waals surface area contributed by atoms with Crippen LogP contribution in [0.25, 0.3) is 11.4 Å². The summed E-state index contributed by atoms with van der Waals surface area (Å²) in [5.41, 5.74) is 6.83. The van der Waals surface area contributed by atoms with Crippen molar-refractivity contribution in [3.63, 3.8) is 0 Å². The molecule has 7 nitrogen and oxygen atoms in total. The number of amides is 1.